The third-order valence-corrected chi connectivity index (χ3v) is 6.32. The van der Waals surface area contributed by atoms with Crippen LogP contribution in [0.4, 0.5) is 42.5 Å². The first kappa shape index (κ1) is 34.6. The molecule has 0 aliphatic carbocycles. The van der Waals surface area contributed by atoms with Crippen LogP contribution in [-0.2, 0) is 14.4 Å². The van der Waals surface area contributed by atoms with Crippen LogP contribution in [0.2, 0.25) is 0 Å². The summed E-state index contributed by atoms with van der Waals surface area (Å²) in [6.45, 7) is 2.05. The summed E-state index contributed by atoms with van der Waals surface area (Å²) in [6.07, 6.45) is -5.96. The fraction of sp³-hybridized carbons (Fsp3) is 0.400. The van der Waals surface area contributed by atoms with Gasteiger partial charge in [-0.05, 0) is 37.7 Å². The normalized spacial score (nSPS) is 18.7. The van der Waals surface area contributed by atoms with Crippen LogP contribution < -0.4 is 15.0 Å². The number of nitrogens with one attached hydrogen (secondary N) is 1. The largest absolute Gasteiger partial charge is 0.497 e. The van der Waals surface area contributed by atoms with E-state index in [4.69, 9.17) is 24.5 Å². The molecule has 2 aromatic rings. The van der Waals surface area contributed by atoms with Crippen molar-refractivity contribution < 1.29 is 60.5 Å². The van der Waals surface area contributed by atoms with E-state index in [1.807, 2.05) is 42.3 Å². The zero-order valence-electron chi connectivity index (χ0n) is 22.6. The number of benzene rings is 1. The lowest BCUT2D eigenvalue weighted by Gasteiger charge is -2.46. The number of methoxy groups -OCH3 is 1. The highest BCUT2D eigenvalue weighted by atomic mass is 19.4. The van der Waals surface area contributed by atoms with Crippen LogP contribution in [-0.4, -0.2) is 107 Å². The van der Waals surface area contributed by atoms with E-state index in [0.29, 0.717) is 37.6 Å². The number of carboxylic acids is 2. The number of carboxylic acid groups (broad SMARTS) is 2. The third-order valence-electron chi connectivity index (χ3n) is 6.32. The SMILES string of the molecule is COc1cccc(NC(=O)N2CCC3(C2)CN(c2cccnc2)C(=O)CN3C)c1.O=C(O)C(F)(F)F.O=C(O)C(F)(F)F. The lowest BCUT2D eigenvalue weighted by molar-refractivity contribution is -0.193. The van der Waals surface area contributed by atoms with Crippen molar-refractivity contribution in [1.82, 2.24) is 14.8 Å². The Balaban J connectivity index is 0.000000384. The number of aliphatic carboxylic acids is 2. The number of pyridine rings is 1. The monoisotopic (exact) mass is 623 g/mol. The number of piperazine rings is 1. The molecule has 236 valence electrons. The van der Waals surface area contributed by atoms with Gasteiger partial charge in [0.25, 0.3) is 0 Å². The smallest absolute Gasteiger partial charge is 0.490 e. The van der Waals surface area contributed by atoms with E-state index in [1.54, 1.807) is 30.5 Å². The number of halogens is 6. The molecule has 1 atom stereocenters. The van der Waals surface area contributed by atoms with Gasteiger partial charge in [-0.2, -0.15) is 26.3 Å². The average Bonchev–Trinajstić information content (AvgIpc) is 3.36. The number of carbonyl (C=O) groups excluding carboxylic acids is 2. The number of ether oxygens (including phenoxy) is 1. The first-order valence-electron chi connectivity index (χ1n) is 12.1. The lowest BCUT2D eigenvalue weighted by Crippen LogP contribution is -2.64. The fourth-order valence-corrected chi connectivity index (χ4v) is 4.08. The second-order valence-electron chi connectivity index (χ2n) is 9.21. The summed E-state index contributed by atoms with van der Waals surface area (Å²) in [4.78, 5) is 53.1. The molecule has 1 aromatic carbocycles. The minimum absolute atomic E-state index is 0.0467. The van der Waals surface area contributed by atoms with E-state index in [1.165, 1.54) is 0 Å². The highest BCUT2D eigenvalue weighted by Crippen LogP contribution is 2.33. The lowest BCUT2D eigenvalue weighted by atomic mass is 9.92. The number of alkyl halides is 6. The Morgan fingerprint density at radius 3 is 2.12 bits per heavy atom. The number of nitrogens with zero attached hydrogens (tertiary/aromatic N) is 4. The third kappa shape index (κ3) is 9.73. The number of urea groups is 1. The number of likely N-dealkylation sites (tertiary alicyclic amines) is 1. The number of hydrogen-bond donors (Lipinski definition) is 3. The number of rotatable bonds is 3. The maximum atomic E-state index is 12.8. The van der Waals surface area contributed by atoms with Gasteiger partial charge in [-0.15, -0.1) is 0 Å². The van der Waals surface area contributed by atoms with Gasteiger partial charge in [0.05, 0.1) is 31.1 Å². The van der Waals surface area contributed by atoms with Crippen LogP contribution in [0.1, 0.15) is 6.42 Å². The Morgan fingerprint density at radius 1 is 1.00 bits per heavy atom. The van der Waals surface area contributed by atoms with Crippen molar-refractivity contribution >= 4 is 35.3 Å². The summed E-state index contributed by atoms with van der Waals surface area (Å²) in [5, 5.41) is 17.2. The van der Waals surface area contributed by atoms with Crippen molar-refractivity contribution in [3.63, 3.8) is 0 Å². The number of anilines is 2. The van der Waals surface area contributed by atoms with Crippen molar-refractivity contribution in [2.45, 2.75) is 24.3 Å². The van der Waals surface area contributed by atoms with E-state index in [9.17, 15) is 35.9 Å². The first-order valence-corrected chi connectivity index (χ1v) is 12.1. The molecule has 2 saturated heterocycles. The predicted octanol–water partition coefficient (Wildman–Crippen LogP) is 3.31. The van der Waals surface area contributed by atoms with E-state index in [0.717, 1.165) is 12.1 Å². The van der Waals surface area contributed by atoms with Gasteiger partial charge >= 0.3 is 30.3 Å². The van der Waals surface area contributed by atoms with Crippen molar-refractivity contribution in [3.8, 4) is 5.75 Å². The molecule has 3 heterocycles. The zero-order valence-corrected chi connectivity index (χ0v) is 22.6. The van der Waals surface area contributed by atoms with Crippen LogP contribution >= 0.6 is 0 Å². The highest BCUT2D eigenvalue weighted by molar-refractivity contribution is 5.96. The molecule has 18 heteroatoms. The molecule has 0 saturated carbocycles. The van der Waals surface area contributed by atoms with E-state index in [-0.39, 0.29) is 17.5 Å². The summed E-state index contributed by atoms with van der Waals surface area (Å²) in [5.74, 6) is -4.77. The molecule has 1 unspecified atom stereocenters. The average molecular weight is 624 g/mol. The number of carbonyl (C=O) groups is 4. The van der Waals surface area contributed by atoms with E-state index < -0.39 is 24.3 Å². The summed E-state index contributed by atoms with van der Waals surface area (Å²) in [5.41, 5.74) is 1.22. The second kappa shape index (κ2) is 14.0. The minimum Gasteiger partial charge on any atom is -0.497 e. The molecular weight excluding hydrogens is 596 g/mol. The van der Waals surface area contributed by atoms with Gasteiger partial charge in [0, 0.05) is 37.6 Å². The molecule has 0 bridgehead atoms. The fourth-order valence-electron chi connectivity index (χ4n) is 4.08. The maximum absolute atomic E-state index is 12.8. The summed E-state index contributed by atoms with van der Waals surface area (Å²) in [7, 11) is 3.56. The topological polar surface area (TPSA) is 153 Å². The summed E-state index contributed by atoms with van der Waals surface area (Å²) in [6, 6.07) is 10.9. The standard InChI is InChI=1S/C21H25N5O3.2C2HF3O2/c1-24-13-19(27)26(17-6-4-9-22-12-17)15-21(24)8-10-25(14-21)20(28)23-16-5-3-7-18(11-16)29-2;2*3-2(4,5)1(6)7/h3-7,9,11-12H,8,10,13-15H2,1-2H3,(H,23,28);2*(H,6,7). The Hall–Kier alpha value is -4.61. The van der Waals surface area contributed by atoms with Gasteiger partial charge in [0.1, 0.15) is 5.75 Å². The summed E-state index contributed by atoms with van der Waals surface area (Å²) < 4.78 is 68.7. The zero-order chi connectivity index (χ0) is 32.6. The van der Waals surface area contributed by atoms with Crippen molar-refractivity contribution in [1.29, 1.82) is 0 Å². The van der Waals surface area contributed by atoms with Gasteiger partial charge in [0.15, 0.2) is 0 Å². The van der Waals surface area contributed by atoms with Gasteiger partial charge in [-0.25, -0.2) is 14.4 Å². The van der Waals surface area contributed by atoms with Crippen LogP contribution in [0.15, 0.2) is 48.8 Å². The Labute approximate surface area is 240 Å². The molecule has 43 heavy (non-hydrogen) atoms. The van der Waals surface area contributed by atoms with E-state index in [2.05, 4.69) is 15.2 Å². The molecule has 2 aliphatic heterocycles. The van der Waals surface area contributed by atoms with Crippen molar-refractivity contribution in [3.05, 3.63) is 48.8 Å². The molecule has 2 fully saturated rings. The van der Waals surface area contributed by atoms with Crippen LogP contribution in [0.3, 0.4) is 0 Å². The Kier molecular flexibility index (Phi) is 11.3. The summed E-state index contributed by atoms with van der Waals surface area (Å²) >= 11 is 0. The number of amides is 3. The maximum Gasteiger partial charge on any atom is 0.490 e. The Morgan fingerprint density at radius 2 is 1.60 bits per heavy atom. The Bertz CT molecular complexity index is 1270. The molecule has 3 amide bonds. The van der Waals surface area contributed by atoms with Gasteiger partial charge in [0.2, 0.25) is 5.91 Å². The highest BCUT2D eigenvalue weighted by Gasteiger charge is 2.48. The van der Waals surface area contributed by atoms with Crippen LogP contribution in [0, 0.1) is 0 Å². The molecule has 12 nitrogen and oxygen atoms in total. The predicted molar refractivity (Wildman–Crippen MR) is 138 cm³/mol. The number of likely N-dealkylation sites (N-methyl/N-ethyl adjacent to an activating group) is 1. The first-order chi connectivity index (χ1) is 19.9. The number of aromatic nitrogens is 1. The molecule has 1 aromatic heterocycles. The quantitative estimate of drug-likeness (QED) is 0.438. The van der Waals surface area contributed by atoms with Crippen molar-refractivity contribution in [2.75, 3.05) is 50.6 Å². The molecule has 3 N–H and O–H groups in total. The van der Waals surface area contributed by atoms with Gasteiger partial charge in [-0.1, -0.05) is 6.07 Å². The molecular formula is C25H27F6N5O7. The van der Waals surface area contributed by atoms with Gasteiger partial charge < -0.3 is 30.1 Å². The molecule has 1 spiro atoms. The van der Waals surface area contributed by atoms with Crippen LogP contribution in [0.25, 0.3) is 0 Å². The van der Waals surface area contributed by atoms with Crippen LogP contribution in [0.5, 0.6) is 5.75 Å². The molecule has 4 rings (SSSR count). The number of hydrogen-bond acceptors (Lipinski definition) is 7. The van der Waals surface area contributed by atoms with Gasteiger partial charge in [-0.3, -0.25) is 14.7 Å². The van der Waals surface area contributed by atoms with E-state index >= 15 is 0 Å². The molecule has 0 radical (unpaired) electrons. The van der Waals surface area contributed by atoms with Crippen molar-refractivity contribution in [2.24, 2.45) is 0 Å². The minimum atomic E-state index is -5.08. The molecule has 2 aliphatic rings. The second-order valence-corrected chi connectivity index (χ2v) is 9.21.